The SMILES string of the molecule is CC(CNCc1ccccc1OCc1ccccn1)c1ccccc1. The minimum absolute atomic E-state index is 0.475. The quantitative estimate of drug-likeness (QED) is 0.657. The lowest BCUT2D eigenvalue weighted by Gasteiger charge is -2.15. The molecule has 0 aliphatic carbocycles. The summed E-state index contributed by atoms with van der Waals surface area (Å²) < 4.78 is 5.96. The number of nitrogens with one attached hydrogen (secondary N) is 1. The highest BCUT2D eigenvalue weighted by molar-refractivity contribution is 5.33. The molecule has 3 nitrogen and oxygen atoms in total. The predicted molar refractivity (Wildman–Crippen MR) is 102 cm³/mol. The summed E-state index contributed by atoms with van der Waals surface area (Å²) in [5.41, 5.74) is 3.45. The van der Waals surface area contributed by atoms with Crippen LogP contribution >= 0.6 is 0 Å². The molecular formula is C22H24N2O. The summed E-state index contributed by atoms with van der Waals surface area (Å²) in [6, 6.07) is 24.6. The molecule has 1 unspecified atom stereocenters. The largest absolute Gasteiger partial charge is 0.487 e. The van der Waals surface area contributed by atoms with Crippen LogP contribution in [-0.2, 0) is 13.2 Å². The second kappa shape index (κ2) is 9.00. The summed E-state index contributed by atoms with van der Waals surface area (Å²) >= 11 is 0. The van der Waals surface area contributed by atoms with Crippen molar-refractivity contribution in [1.29, 1.82) is 0 Å². The van der Waals surface area contributed by atoms with Gasteiger partial charge in [0.05, 0.1) is 5.69 Å². The van der Waals surface area contributed by atoms with Crippen LogP contribution in [0.4, 0.5) is 0 Å². The molecule has 0 amide bonds. The second-order valence-corrected chi connectivity index (χ2v) is 6.16. The van der Waals surface area contributed by atoms with E-state index in [0.29, 0.717) is 12.5 Å². The van der Waals surface area contributed by atoms with Crippen LogP contribution < -0.4 is 10.1 Å². The Bertz CT molecular complexity index is 759. The maximum absolute atomic E-state index is 5.96. The highest BCUT2D eigenvalue weighted by Gasteiger charge is 2.07. The van der Waals surface area contributed by atoms with E-state index < -0.39 is 0 Å². The van der Waals surface area contributed by atoms with E-state index in [1.807, 2.05) is 36.4 Å². The Hall–Kier alpha value is -2.65. The fourth-order valence-electron chi connectivity index (χ4n) is 2.75. The summed E-state index contributed by atoms with van der Waals surface area (Å²) in [7, 11) is 0. The van der Waals surface area contributed by atoms with Crippen molar-refractivity contribution in [2.45, 2.75) is 26.0 Å². The first kappa shape index (κ1) is 17.2. The van der Waals surface area contributed by atoms with E-state index in [4.69, 9.17) is 4.74 Å². The Morgan fingerprint density at radius 1 is 0.920 bits per heavy atom. The van der Waals surface area contributed by atoms with Gasteiger partial charge in [-0.3, -0.25) is 4.98 Å². The second-order valence-electron chi connectivity index (χ2n) is 6.16. The number of benzene rings is 2. The van der Waals surface area contributed by atoms with Gasteiger partial charge in [0.15, 0.2) is 0 Å². The molecule has 0 saturated carbocycles. The van der Waals surface area contributed by atoms with Gasteiger partial charge in [0.1, 0.15) is 12.4 Å². The lowest BCUT2D eigenvalue weighted by molar-refractivity contribution is 0.297. The summed E-state index contributed by atoms with van der Waals surface area (Å²) in [5, 5.41) is 3.54. The number of pyridine rings is 1. The summed E-state index contributed by atoms with van der Waals surface area (Å²) in [6.45, 7) is 4.44. The fourth-order valence-corrected chi connectivity index (χ4v) is 2.75. The van der Waals surface area contributed by atoms with Gasteiger partial charge < -0.3 is 10.1 Å². The molecular weight excluding hydrogens is 308 g/mol. The van der Waals surface area contributed by atoms with Gasteiger partial charge in [0.25, 0.3) is 0 Å². The topological polar surface area (TPSA) is 34.1 Å². The van der Waals surface area contributed by atoms with Crippen LogP contribution in [0.3, 0.4) is 0 Å². The normalized spacial score (nSPS) is 11.9. The minimum atomic E-state index is 0.475. The number of nitrogens with zero attached hydrogens (tertiary/aromatic N) is 1. The average molecular weight is 332 g/mol. The fraction of sp³-hybridized carbons (Fsp3) is 0.227. The molecule has 1 N–H and O–H groups in total. The van der Waals surface area contributed by atoms with Gasteiger partial charge >= 0.3 is 0 Å². The van der Waals surface area contributed by atoms with Gasteiger partial charge in [-0.2, -0.15) is 0 Å². The molecule has 0 radical (unpaired) electrons. The molecule has 3 aromatic rings. The van der Waals surface area contributed by atoms with Crippen LogP contribution in [0.1, 0.15) is 29.7 Å². The van der Waals surface area contributed by atoms with Crippen molar-refractivity contribution < 1.29 is 4.74 Å². The molecule has 3 heteroatoms. The van der Waals surface area contributed by atoms with Crippen molar-refractivity contribution in [2.24, 2.45) is 0 Å². The molecule has 0 aliphatic rings. The Labute approximate surface area is 149 Å². The predicted octanol–water partition coefficient (Wildman–Crippen LogP) is 4.55. The third-order valence-electron chi connectivity index (χ3n) is 4.21. The van der Waals surface area contributed by atoms with Crippen LogP contribution in [0.5, 0.6) is 5.75 Å². The molecule has 128 valence electrons. The van der Waals surface area contributed by atoms with Crippen LogP contribution in [-0.4, -0.2) is 11.5 Å². The third-order valence-corrected chi connectivity index (χ3v) is 4.21. The first-order chi connectivity index (χ1) is 12.3. The van der Waals surface area contributed by atoms with Crippen molar-refractivity contribution in [3.63, 3.8) is 0 Å². The van der Waals surface area contributed by atoms with Crippen LogP contribution in [0.15, 0.2) is 79.0 Å². The lowest BCUT2D eigenvalue weighted by atomic mass is 10.0. The zero-order chi connectivity index (χ0) is 17.3. The third kappa shape index (κ3) is 5.16. The van der Waals surface area contributed by atoms with Crippen molar-refractivity contribution in [1.82, 2.24) is 10.3 Å². The van der Waals surface area contributed by atoms with Crippen LogP contribution in [0.2, 0.25) is 0 Å². The van der Waals surface area contributed by atoms with E-state index in [0.717, 1.165) is 24.5 Å². The van der Waals surface area contributed by atoms with Gasteiger partial charge in [0, 0.05) is 24.8 Å². The summed E-state index contributed by atoms with van der Waals surface area (Å²) in [4.78, 5) is 4.30. The van der Waals surface area contributed by atoms with Crippen molar-refractivity contribution in [2.75, 3.05) is 6.54 Å². The van der Waals surface area contributed by atoms with Crippen molar-refractivity contribution in [3.8, 4) is 5.75 Å². The van der Waals surface area contributed by atoms with Crippen molar-refractivity contribution in [3.05, 3.63) is 95.8 Å². The Balaban J connectivity index is 1.54. The first-order valence-corrected chi connectivity index (χ1v) is 8.69. The number of para-hydroxylation sites is 1. The highest BCUT2D eigenvalue weighted by atomic mass is 16.5. The van der Waals surface area contributed by atoms with Gasteiger partial charge in [-0.25, -0.2) is 0 Å². The number of aromatic nitrogens is 1. The first-order valence-electron chi connectivity index (χ1n) is 8.69. The molecule has 3 rings (SSSR count). The molecule has 0 fully saturated rings. The Morgan fingerprint density at radius 3 is 2.48 bits per heavy atom. The van der Waals surface area contributed by atoms with E-state index >= 15 is 0 Å². The van der Waals surface area contributed by atoms with Gasteiger partial charge in [0.2, 0.25) is 0 Å². The number of rotatable bonds is 8. The van der Waals surface area contributed by atoms with Crippen LogP contribution in [0.25, 0.3) is 0 Å². The maximum Gasteiger partial charge on any atom is 0.130 e. The molecule has 1 atom stereocenters. The number of hydrogen-bond donors (Lipinski definition) is 1. The average Bonchev–Trinajstić information content (AvgIpc) is 2.68. The molecule has 25 heavy (non-hydrogen) atoms. The smallest absolute Gasteiger partial charge is 0.130 e. The van der Waals surface area contributed by atoms with Gasteiger partial charge in [-0.1, -0.05) is 61.5 Å². The molecule has 2 aromatic carbocycles. The zero-order valence-electron chi connectivity index (χ0n) is 14.6. The van der Waals surface area contributed by atoms with E-state index in [1.165, 1.54) is 11.1 Å². The Morgan fingerprint density at radius 2 is 1.68 bits per heavy atom. The molecule has 0 bridgehead atoms. The van der Waals surface area contributed by atoms with Crippen LogP contribution in [0, 0.1) is 0 Å². The molecule has 0 aliphatic heterocycles. The number of hydrogen-bond acceptors (Lipinski definition) is 3. The monoisotopic (exact) mass is 332 g/mol. The highest BCUT2D eigenvalue weighted by Crippen LogP contribution is 2.19. The number of ether oxygens (including phenoxy) is 1. The van der Waals surface area contributed by atoms with Gasteiger partial charge in [-0.15, -0.1) is 0 Å². The summed E-state index contributed by atoms with van der Waals surface area (Å²) in [6.07, 6.45) is 1.79. The van der Waals surface area contributed by atoms with E-state index in [1.54, 1.807) is 6.20 Å². The minimum Gasteiger partial charge on any atom is -0.487 e. The lowest BCUT2D eigenvalue weighted by Crippen LogP contribution is -2.20. The maximum atomic E-state index is 5.96. The Kier molecular flexibility index (Phi) is 6.18. The van der Waals surface area contributed by atoms with E-state index in [2.05, 4.69) is 53.6 Å². The molecule has 1 heterocycles. The molecule has 0 saturated heterocycles. The molecule has 0 spiro atoms. The van der Waals surface area contributed by atoms with E-state index in [9.17, 15) is 0 Å². The van der Waals surface area contributed by atoms with Crippen molar-refractivity contribution >= 4 is 0 Å². The zero-order valence-corrected chi connectivity index (χ0v) is 14.6. The summed E-state index contributed by atoms with van der Waals surface area (Å²) in [5.74, 6) is 1.39. The standard InChI is InChI=1S/C22H24N2O/c1-18(19-9-3-2-4-10-19)15-23-16-20-11-5-6-13-22(20)25-17-21-12-7-8-14-24-21/h2-14,18,23H,15-17H2,1H3. The van der Waals surface area contributed by atoms with E-state index in [-0.39, 0.29) is 0 Å². The van der Waals surface area contributed by atoms with Gasteiger partial charge in [-0.05, 0) is 29.7 Å². The molecule has 1 aromatic heterocycles.